The molecule has 1 fully saturated rings. The van der Waals surface area contributed by atoms with Crippen LogP contribution < -0.4 is 10.2 Å². The van der Waals surface area contributed by atoms with E-state index in [9.17, 15) is 18.0 Å². The maximum absolute atomic E-state index is 12.9. The lowest BCUT2D eigenvalue weighted by Crippen LogP contribution is -2.42. The quantitative estimate of drug-likeness (QED) is 0.856. The van der Waals surface area contributed by atoms with Crippen LogP contribution >= 0.6 is 0 Å². The molecule has 136 valence electrons. The molecule has 7 nitrogen and oxygen atoms in total. The SMILES string of the molecule is CNC(=O)C1CCN(S(=O)(=O)c2ccc3c(c2)CCN3C(C)=O)CC1. The summed E-state index contributed by atoms with van der Waals surface area (Å²) in [5, 5.41) is 2.62. The zero-order valence-electron chi connectivity index (χ0n) is 14.5. The van der Waals surface area contributed by atoms with Crippen molar-refractivity contribution in [2.75, 3.05) is 31.6 Å². The number of hydrogen-bond acceptors (Lipinski definition) is 4. The van der Waals surface area contributed by atoms with E-state index < -0.39 is 10.0 Å². The number of anilines is 1. The first-order valence-electron chi connectivity index (χ1n) is 8.47. The highest BCUT2D eigenvalue weighted by molar-refractivity contribution is 7.89. The molecule has 2 aliphatic rings. The van der Waals surface area contributed by atoms with Gasteiger partial charge in [0.2, 0.25) is 21.8 Å². The van der Waals surface area contributed by atoms with Crippen LogP contribution in [0.15, 0.2) is 23.1 Å². The first kappa shape index (κ1) is 17.9. The van der Waals surface area contributed by atoms with Crippen LogP contribution in [-0.4, -0.2) is 51.2 Å². The molecule has 0 spiro atoms. The number of sulfonamides is 1. The Balaban J connectivity index is 1.78. The normalized spacial score (nSPS) is 18.9. The third-order valence-electron chi connectivity index (χ3n) is 5.04. The van der Waals surface area contributed by atoms with Crippen molar-refractivity contribution in [3.8, 4) is 0 Å². The molecule has 3 rings (SSSR count). The topological polar surface area (TPSA) is 86.8 Å². The first-order valence-corrected chi connectivity index (χ1v) is 9.91. The molecular weight excluding hydrogens is 342 g/mol. The summed E-state index contributed by atoms with van der Waals surface area (Å²) in [5.41, 5.74) is 1.68. The van der Waals surface area contributed by atoms with Crippen molar-refractivity contribution in [1.29, 1.82) is 0 Å². The fraction of sp³-hybridized carbons (Fsp3) is 0.529. The molecule has 2 heterocycles. The molecule has 0 saturated carbocycles. The Labute approximate surface area is 148 Å². The van der Waals surface area contributed by atoms with Crippen LogP contribution in [0.2, 0.25) is 0 Å². The highest BCUT2D eigenvalue weighted by Crippen LogP contribution is 2.32. The molecule has 0 unspecified atom stereocenters. The van der Waals surface area contributed by atoms with Gasteiger partial charge in [0.05, 0.1) is 4.90 Å². The van der Waals surface area contributed by atoms with Crippen molar-refractivity contribution in [3.63, 3.8) is 0 Å². The highest BCUT2D eigenvalue weighted by Gasteiger charge is 2.33. The zero-order valence-corrected chi connectivity index (χ0v) is 15.3. The molecule has 2 amide bonds. The average Bonchev–Trinajstić information content (AvgIpc) is 3.04. The maximum atomic E-state index is 12.9. The Kier molecular flexibility index (Phi) is 4.83. The second kappa shape index (κ2) is 6.76. The zero-order chi connectivity index (χ0) is 18.2. The lowest BCUT2D eigenvalue weighted by atomic mass is 9.97. The predicted molar refractivity (Wildman–Crippen MR) is 93.7 cm³/mol. The molecule has 1 aromatic rings. The van der Waals surface area contributed by atoms with Crippen LogP contribution in [0.5, 0.6) is 0 Å². The van der Waals surface area contributed by atoms with E-state index in [1.54, 1.807) is 30.1 Å². The van der Waals surface area contributed by atoms with E-state index in [0.29, 0.717) is 38.9 Å². The maximum Gasteiger partial charge on any atom is 0.243 e. The van der Waals surface area contributed by atoms with Crippen LogP contribution in [0.1, 0.15) is 25.3 Å². The van der Waals surface area contributed by atoms with Gasteiger partial charge in [-0.3, -0.25) is 9.59 Å². The number of nitrogens with zero attached hydrogens (tertiary/aromatic N) is 2. The third kappa shape index (κ3) is 3.28. The average molecular weight is 365 g/mol. The fourth-order valence-corrected chi connectivity index (χ4v) is 5.10. The number of fused-ring (bicyclic) bond motifs is 1. The van der Waals surface area contributed by atoms with Gasteiger partial charge in [-0.2, -0.15) is 4.31 Å². The first-order chi connectivity index (χ1) is 11.8. The van der Waals surface area contributed by atoms with Crippen LogP contribution in [0, 0.1) is 5.92 Å². The number of piperidine rings is 1. The van der Waals surface area contributed by atoms with Gasteiger partial charge in [0.1, 0.15) is 0 Å². The lowest BCUT2D eigenvalue weighted by Gasteiger charge is -2.30. The summed E-state index contributed by atoms with van der Waals surface area (Å²) < 4.78 is 27.2. The number of carbonyl (C=O) groups is 2. The molecule has 0 radical (unpaired) electrons. The Morgan fingerprint density at radius 2 is 1.84 bits per heavy atom. The van der Waals surface area contributed by atoms with Crippen LogP contribution in [0.25, 0.3) is 0 Å². The van der Waals surface area contributed by atoms with Crippen molar-refractivity contribution in [2.24, 2.45) is 5.92 Å². The number of benzene rings is 1. The Morgan fingerprint density at radius 1 is 1.16 bits per heavy atom. The Bertz CT molecular complexity index is 798. The van der Waals surface area contributed by atoms with Crippen molar-refractivity contribution in [1.82, 2.24) is 9.62 Å². The monoisotopic (exact) mass is 365 g/mol. The lowest BCUT2D eigenvalue weighted by molar-refractivity contribution is -0.125. The van der Waals surface area contributed by atoms with E-state index in [-0.39, 0.29) is 22.6 Å². The van der Waals surface area contributed by atoms with Gasteiger partial charge in [-0.1, -0.05) is 0 Å². The molecular formula is C17H23N3O4S. The summed E-state index contributed by atoms with van der Waals surface area (Å²) in [6.07, 6.45) is 1.72. The van der Waals surface area contributed by atoms with Gasteiger partial charge in [-0.25, -0.2) is 8.42 Å². The van der Waals surface area contributed by atoms with Crippen LogP contribution in [0.4, 0.5) is 5.69 Å². The summed E-state index contributed by atoms with van der Waals surface area (Å²) in [4.78, 5) is 25.2. The second-order valence-electron chi connectivity index (χ2n) is 6.50. The van der Waals surface area contributed by atoms with Crippen molar-refractivity contribution < 1.29 is 18.0 Å². The van der Waals surface area contributed by atoms with Gasteiger partial charge in [-0.15, -0.1) is 0 Å². The summed E-state index contributed by atoms with van der Waals surface area (Å²) in [5.74, 6) is -0.190. The third-order valence-corrected chi connectivity index (χ3v) is 6.93. The Morgan fingerprint density at radius 3 is 2.44 bits per heavy atom. The van der Waals surface area contributed by atoms with Gasteiger partial charge < -0.3 is 10.2 Å². The molecule has 0 aromatic heterocycles. The van der Waals surface area contributed by atoms with E-state index >= 15 is 0 Å². The van der Waals surface area contributed by atoms with Crippen LogP contribution in [0.3, 0.4) is 0 Å². The van der Waals surface area contributed by atoms with Crippen molar-refractivity contribution >= 4 is 27.5 Å². The number of nitrogens with one attached hydrogen (secondary N) is 1. The van der Waals surface area contributed by atoms with E-state index in [0.717, 1.165) is 11.3 Å². The second-order valence-corrected chi connectivity index (χ2v) is 8.44. The highest BCUT2D eigenvalue weighted by atomic mass is 32.2. The van der Waals surface area contributed by atoms with E-state index in [2.05, 4.69) is 5.32 Å². The minimum absolute atomic E-state index is 0.0288. The molecule has 8 heteroatoms. The molecule has 0 bridgehead atoms. The van der Waals surface area contributed by atoms with E-state index in [1.165, 1.54) is 11.2 Å². The van der Waals surface area contributed by atoms with E-state index in [4.69, 9.17) is 0 Å². The summed E-state index contributed by atoms with van der Waals surface area (Å²) in [6.45, 7) is 2.79. The number of carbonyl (C=O) groups excluding carboxylic acids is 2. The minimum atomic E-state index is -3.58. The molecule has 1 aromatic carbocycles. The number of rotatable bonds is 3. The minimum Gasteiger partial charge on any atom is -0.359 e. The molecule has 1 N–H and O–H groups in total. The van der Waals surface area contributed by atoms with Crippen LogP contribution in [-0.2, 0) is 26.0 Å². The number of amides is 2. The standard InChI is InChI=1S/C17H23N3O4S/c1-12(21)20-10-7-14-11-15(3-4-16(14)20)25(23,24)19-8-5-13(6-9-19)17(22)18-2/h3-4,11,13H,5-10H2,1-2H3,(H,18,22). The molecule has 2 aliphatic heterocycles. The van der Waals surface area contributed by atoms with Gasteiger partial charge in [0.15, 0.2) is 0 Å². The largest absolute Gasteiger partial charge is 0.359 e. The summed E-state index contributed by atoms with van der Waals surface area (Å²) in [6, 6.07) is 4.96. The summed E-state index contributed by atoms with van der Waals surface area (Å²) in [7, 11) is -1.98. The van der Waals surface area contributed by atoms with Gasteiger partial charge in [-0.05, 0) is 43.0 Å². The predicted octanol–water partition coefficient (Wildman–Crippen LogP) is 0.742. The molecule has 0 atom stereocenters. The smallest absolute Gasteiger partial charge is 0.243 e. The Hall–Kier alpha value is -1.93. The molecule has 25 heavy (non-hydrogen) atoms. The van der Waals surface area contributed by atoms with Gasteiger partial charge in [0, 0.05) is 45.2 Å². The summed E-state index contributed by atoms with van der Waals surface area (Å²) >= 11 is 0. The molecule has 1 saturated heterocycles. The van der Waals surface area contributed by atoms with Crippen molar-refractivity contribution in [2.45, 2.75) is 31.1 Å². The fourth-order valence-electron chi connectivity index (χ4n) is 3.58. The number of hydrogen-bond donors (Lipinski definition) is 1. The van der Waals surface area contributed by atoms with E-state index in [1.807, 2.05) is 0 Å². The van der Waals surface area contributed by atoms with Crippen molar-refractivity contribution in [3.05, 3.63) is 23.8 Å². The van der Waals surface area contributed by atoms with Gasteiger partial charge >= 0.3 is 0 Å². The molecule has 0 aliphatic carbocycles. The van der Waals surface area contributed by atoms with Gasteiger partial charge in [0.25, 0.3) is 0 Å².